The third-order valence-corrected chi connectivity index (χ3v) is 4.55. The van der Waals surface area contributed by atoms with Gasteiger partial charge in [0.15, 0.2) is 0 Å². The molecule has 108 valence electrons. The van der Waals surface area contributed by atoms with E-state index in [1.165, 1.54) is 33.3 Å². The van der Waals surface area contributed by atoms with Crippen molar-refractivity contribution in [3.63, 3.8) is 0 Å². The third-order valence-electron chi connectivity index (χ3n) is 4.55. The van der Waals surface area contributed by atoms with E-state index in [1.54, 1.807) is 7.11 Å². The molecule has 2 heterocycles. The van der Waals surface area contributed by atoms with Crippen LogP contribution in [0.3, 0.4) is 0 Å². The molecule has 0 aliphatic carbocycles. The smallest absolute Gasteiger partial charge is 0.0589 e. The molecule has 4 nitrogen and oxygen atoms in total. The van der Waals surface area contributed by atoms with Crippen LogP contribution in [0.4, 0.5) is 0 Å². The summed E-state index contributed by atoms with van der Waals surface area (Å²) in [4.78, 5) is 2.43. The zero-order valence-electron chi connectivity index (χ0n) is 12.6. The molecule has 0 fully saturated rings. The Bertz CT molecular complexity index is 645. The summed E-state index contributed by atoms with van der Waals surface area (Å²) in [6, 6.07) is 4.68. The highest BCUT2D eigenvalue weighted by atomic mass is 16.5. The first-order valence-corrected chi connectivity index (χ1v) is 7.16. The summed E-state index contributed by atoms with van der Waals surface area (Å²) in [5, 5.41) is 1.32. The lowest BCUT2D eigenvalue weighted by Crippen LogP contribution is -2.21. The van der Waals surface area contributed by atoms with E-state index in [1.807, 2.05) is 0 Å². The number of hydrogen-bond donors (Lipinski definition) is 1. The van der Waals surface area contributed by atoms with Gasteiger partial charge in [0.05, 0.1) is 6.61 Å². The van der Waals surface area contributed by atoms with Gasteiger partial charge < -0.3 is 15.0 Å². The average Bonchev–Trinajstić information content (AvgIpc) is 2.94. The van der Waals surface area contributed by atoms with Crippen molar-refractivity contribution < 1.29 is 4.74 Å². The van der Waals surface area contributed by atoms with Gasteiger partial charge in [0.1, 0.15) is 0 Å². The maximum Gasteiger partial charge on any atom is 0.0589 e. The minimum atomic E-state index is 0.606. The molecule has 4 heteroatoms. The summed E-state index contributed by atoms with van der Waals surface area (Å²) in [7, 11) is 3.88. The second kappa shape index (κ2) is 5.20. The van der Waals surface area contributed by atoms with E-state index in [-0.39, 0.29) is 0 Å². The van der Waals surface area contributed by atoms with E-state index in [0.717, 1.165) is 26.2 Å². The lowest BCUT2D eigenvalue weighted by atomic mass is 10.0. The Hall–Kier alpha value is -1.36. The van der Waals surface area contributed by atoms with Gasteiger partial charge in [-0.15, -0.1) is 0 Å². The molecule has 0 saturated carbocycles. The Morgan fingerprint density at radius 1 is 1.25 bits per heavy atom. The minimum Gasteiger partial charge on any atom is -0.383 e. The molecule has 0 atom stereocenters. The highest BCUT2D eigenvalue weighted by Crippen LogP contribution is 2.32. The molecule has 1 aliphatic rings. The fourth-order valence-electron chi connectivity index (χ4n) is 3.24. The Balaban J connectivity index is 2.00. The van der Waals surface area contributed by atoms with Crippen LogP contribution in [0, 0.1) is 6.92 Å². The Morgan fingerprint density at radius 2 is 1.95 bits per heavy atom. The second-order valence-corrected chi connectivity index (χ2v) is 5.67. The van der Waals surface area contributed by atoms with Gasteiger partial charge in [0.25, 0.3) is 0 Å². The average molecular weight is 273 g/mol. The molecule has 3 rings (SSSR count). The molecule has 0 spiro atoms. The van der Waals surface area contributed by atoms with Crippen LogP contribution in [0.25, 0.3) is 10.9 Å². The molecular weight excluding hydrogens is 250 g/mol. The highest BCUT2D eigenvalue weighted by Gasteiger charge is 2.21. The summed E-state index contributed by atoms with van der Waals surface area (Å²) >= 11 is 0. The summed E-state index contributed by atoms with van der Waals surface area (Å²) in [5.74, 6) is 0. The highest BCUT2D eigenvalue weighted by molar-refractivity contribution is 5.87. The minimum absolute atomic E-state index is 0.606. The second-order valence-electron chi connectivity index (χ2n) is 5.67. The topological polar surface area (TPSA) is 43.4 Å². The zero-order valence-corrected chi connectivity index (χ0v) is 12.6. The fraction of sp³-hybridized carbons (Fsp3) is 0.500. The first-order chi connectivity index (χ1) is 9.65. The number of nitrogens with zero attached hydrogens (tertiary/aromatic N) is 2. The fourth-order valence-corrected chi connectivity index (χ4v) is 3.24. The molecule has 0 saturated heterocycles. The predicted molar refractivity (Wildman–Crippen MR) is 81.5 cm³/mol. The van der Waals surface area contributed by atoms with Crippen LogP contribution in [-0.2, 0) is 31.4 Å². The molecule has 0 bridgehead atoms. The maximum absolute atomic E-state index is 5.93. The Morgan fingerprint density at radius 3 is 2.60 bits per heavy atom. The number of aryl methyl sites for hydroxylation is 1. The van der Waals surface area contributed by atoms with Gasteiger partial charge in [-0.3, -0.25) is 4.90 Å². The van der Waals surface area contributed by atoms with Gasteiger partial charge in [-0.2, -0.15) is 0 Å². The number of rotatable bonds is 4. The van der Waals surface area contributed by atoms with E-state index in [2.05, 4.69) is 35.6 Å². The van der Waals surface area contributed by atoms with Gasteiger partial charge >= 0.3 is 0 Å². The van der Waals surface area contributed by atoms with Gasteiger partial charge in [0, 0.05) is 56.9 Å². The molecule has 2 N–H and O–H groups in total. The SMILES string of the molecule is COCCN1Cc2cc3c(CN)c(C)n(C)c3cc2C1. The normalized spacial score (nSPS) is 15.2. The standard InChI is InChI=1S/C16H23N3O/c1-11-15(8-17)14-6-12-9-19(4-5-20-3)10-13(12)7-16(14)18(11)2/h6-7H,4-5,8-10,17H2,1-3H3. The van der Waals surface area contributed by atoms with Crippen molar-refractivity contribution in [2.24, 2.45) is 12.8 Å². The molecule has 1 aliphatic heterocycles. The van der Waals surface area contributed by atoms with Gasteiger partial charge in [0.2, 0.25) is 0 Å². The van der Waals surface area contributed by atoms with Gasteiger partial charge in [-0.25, -0.2) is 0 Å². The molecule has 1 aromatic carbocycles. The summed E-state index contributed by atoms with van der Waals surface area (Å²) in [5.41, 5.74) is 12.7. The Kier molecular flexibility index (Phi) is 3.54. The van der Waals surface area contributed by atoms with Gasteiger partial charge in [-0.05, 0) is 35.7 Å². The van der Waals surface area contributed by atoms with Gasteiger partial charge in [-0.1, -0.05) is 0 Å². The van der Waals surface area contributed by atoms with Crippen molar-refractivity contribution in [1.29, 1.82) is 0 Å². The largest absolute Gasteiger partial charge is 0.383 e. The van der Waals surface area contributed by atoms with E-state index < -0.39 is 0 Å². The third kappa shape index (κ3) is 2.04. The quantitative estimate of drug-likeness (QED) is 0.925. The van der Waals surface area contributed by atoms with Crippen molar-refractivity contribution in [2.75, 3.05) is 20.3 Å². The molecule has 20 heavy (non-hydrogen) atoms. The van der Waals surface area contributed by atoms with Crippen LogP contribution in [0.2, 0.25) is 0 Å². The molecule has 0 unspecified atom stereocenters. The monoisotopic (exact) mass is 273 g/mol. The molecule has 1 aromatic heterocycles. The van der Waals surface area contributed by atoms with Crippen molar-refractivity contribution in [3.8, 4) is 0 Å². The molecule has 0 radical (unpaired) electrons. The summed E-state index contributed by atoms with van der Waals surface area (Å²) in [6.45, 7) is 6.59. The van der Waals surface area contributed by atoms with E-state index in [0.29, 0.717) is 6.54 Å². The van der Waals surface area contributed by atoms with Crippen LogP contribution in [0.15, 0.2) is 12.1 Å². The van der Waals surface area contributed by atoms with Crippen molar-refractivity contribution >= 4 is 10.9 Å². The summed E-state index contributed by atoms with van der Waals surface area (Å²) < 4.78 is 7.43. The number of aromatic nitrogens is 1. The molecular formula is C16H23N3O. The number of benzene rings is 1. The molecule has 0 amide bonds. The van der Waals surface area contributed by atoms with Crippen molar-refractivity contribution in [1.82, 2.24) is 9.47 Å². The zero-order chi connectivity index (χ0) is 14.3. The summed E-state index contributed by atoms with van der Waals surface area (Å²) in [6.07, 6.45) is 0. The Labute approximate surface area is 120 Å². The number of nitrogens with two attached hydrogens (primary N) is 1. The van der Waals surface area contributed by atoms with Crippen molar-refractivity contribution in [3.05, 3.63) is 34.5 Å². The maximum atomic E-state index is 5.93. The first kappa shape index (κ1) is 13.6. The van der Waals surface area contributed by atoms with E-state index in [4.69, 9.17) is 10.5 Å². The number of methoxy groups -OCH3 is 1. The number of fused-ring (bicyclic) bond motifs is 2. The van der Waals surface area contributed by atoms with Crippen LogP contribution >= 0.6 is 0 Å². The van der Waals surface area contributed by atoms with Crippen molar-refractivity contribution in [2.45, 2.75) is 26.6 Å². The van der Waals surface area contributed by atoms with E-state index >= 15 is 0 Å². The van der Waals surface area contributed by atoms with E-state index in [9.17, 15) is 0 Å². The van der Waals surface area contributed by atoms with Crippen LogP contribution < -0.4 is 5.73 Å². The first-order valence-electron chi connectivity index (χ1n) is 7.16. The van der Waals surface area contributed by atoms with Crippen LogP contribution in [-0.4, -0.2) is 29.7 Å². The van der Waals surface area contributed by atoms with Crippen LogP contribution in [0.5, 0.6) is 0 Å². The number of hydrogen-bond acceptors (Lipinski definition) is 3. The predicted octanol–water partition coefficient (Wildman–Crippen LogP) is 1.91. The lowest BCUT2D eigenvalue weighted by Gasteiger charge is -2.13. The lowest BCUT2D eigenvalue weighted by molar-refractivity contribution is 0.147. The number of ether oxygens (including phenoxy) is 1. The van der Waals surface area contributed by atoms with Crippen LogP contribution in [0.1, 0.15) is 22.4 Å². The molecule has 2 aromatic rings.